The Labute approximate surface area is 228 Å². The van der Waals surface area contributed by atoms with Crippen LogP contribution < -0.4 is 11.1 Å². The quantitative estimate of drug-likeness (QED) is 0.214. The van der Waals surface area contributed by atoms with Crippen LogP contribution in [0, 0.1) is 5.92 Å². The first kappa shape index (κ1) is 26.6. The fourth-order valence-electron chi connectivity index (χ4n) is 5.35. The minimum Gasteiger partial charge on any atom is -0.382 e. The summed E-state index contributed by atoms with van der Waals surface area (Å²) in [5.41, 5.74) is 10.0. The summed E-state index contributed by atoms with van der Waals surface area (Å²) in [7, 11) is 0. The van der Waals surface area contributed by atoms with E-state index in [0.717, 1.165) is 47.6 Å². The van der Waals surface area contributed by atoms with Gasteiger partial charge in [0, 0.05) is 36.3 Å². The number of imidazole rings is 1. The molecule has 1 aliphatic rings. The number of pyridine rings is 1. The summed E-state index contributed by atoms with van der Waals surface area (Å²) >= 11 is 0. The van der Waals surface area contributed by atoms with Crippen molar-refractivity contribution in [1.29, 1.82) is 0 Å². The van der Waals surface area contributed by atoms with Crippen molar-refractivity contribution in [2.75, 3.05) is 37.4 Å². The normalized spacial score (nSPS) is 15.1. The second kappa shape index (κ2) is 11.8. The predicted octanol–water partition coefficient (Wildman–Crippen LogP) is 5.67. The monoisotopic (exact) mass is 528 g/mol. The zero-order valence-corrected chi connectivity index (χ0v) is 22.6. The molecule has 0 aliphatic carbocycles. The summed E-state index contributed by atoms with van der Waals surface area (Å²) in [6, 6.07) is 15.1. The van der Waals surface area contributed by atoms with Gasteiger partial charge in [-0.2, -0.15) is 0 Å². The largest absolute Gasteiger partial charge is 0.382 e. The number of fused-ring (bicyclic) bond motifs is 3. The summed E-state index contributed by atoms with van der Waals surface area (Å²) < 4.78 is 8.35. The molecule has 2 amide bonds. The molecule has 1 atom stereocenters. The van der Waals surface area contributed by atoms with E-state index in [0.29, 0.717) is 49.3 Å². The van der Waals surface area contributed by atoms with Crippen LogP contribution in [-0.4, -0.2) is 57.6 Å². The maximum Gasteiger partial charge on any atom is 0.321 e. The molecule has 3 N–H and O–H groups in total. The number of ether oxygens (including phenoxy) is 1. The summed E-state index contributed by atoms with van der Waals surface area (Å²) in [6.07, 6.45) is 5.63. The van der Waals surface area contributed by atoms with Gasteiger partial charge in [-0.25, -0.2) is 14.8 Å². The summed E-state index contributed by atoms with van der Waals surface area (Å²) in [6.45, 7) is 6.38. The fourth-order valence-corrected chi connectivity index (χ4v) is 5.35. The summed E-state index contributed by atoms with van der Waals surface area (Å²) in [5, 5.41) is 3.97. The number of likely N-dealkylation sites (tertiary alicyclic amines) is 1. The second-order valence-electron chi connectivity index (χ2n) is 10.3. The Morgan fingerprint density at radius 2 is 1.95 bits per heavy atom. The number of nitrogens with one attached hydrogen (secondary N) is 1. The topological polar surface area (TPSA) is 115 Å². The maximum atomic E-state index is 12.7. The number of amides is 2. The Bertz CT molecular complexity index is 1470. The number of benzene rings is 2. The Hall–Kier alpha value is -3.98. The summed E-state index contributed by atoms with van der Waals surface area (Å²) in [5.74, 6) is 0.954. The molecule has 0 spiro atoms. The zero-order valence-electron chi connectivity index (χ0n) is 22.6. The molecule has 0 saturated carbocycles. The highest BCUT2D eigenvalue weighted by molar-refractivity contribution is 6.06. The Morgan fingerprint density at radius 3 is 2.72 bits per heavy atom. The first-order valence-electron chi connectivity index (χ1n) is 13.7. The van der Waals surface area contributed by atoms with E-state index in [4.69, 9.17) is 10.5 Å². The van der Waals surface area contributed by atoms with Crippen molar-refractivity contribution in [3.05, 3.63) is 60.4 Å². The number of piperidine rings is 1. The Morgan fingerprint density at radius 1 is 1.15 bits per heavy atom. The van der Waals surface area contributed by atoms with Crippen molar-refractivity contribution < 1.29 is 14.3 Å². The first-order chi connectivity index (χ1) is 18.9. The molecule has 39 heavy (non-hydrogen) atoms. The van der Waals surface area contributed by atoms with Gasteiger partial charge >= 0.3 is 6.03 Å². The van der Waals surface area contributed by atoms with Crippen molar-refractivity contribution in [3.8, 4) is 0 Å². The number of ketones is 1. The number of rotatable bonds is 9. The lowest BCUT2D eigenvalue weighted by Crippen LogP contribution is -2.41. The van der Waals surface area contributed by atoms with Gasteiger partial charge in [-0.15, -0.1) is 0 Å². The van der Waals surface area contributed by atoms with Crippen LogP contribution in [-0.2, 0) is 4.74 Å². The molecule has 0 bridgehead atoms. The maximum absolute atomic E-state index is 12.7. The molecule has 5 rings (SSSR count). The van der Waals surface area contributed by atoms with Crippen molar-refractivity contribution in [3.63, 3.8) is 0 Å². The number of nitrogens with zero attached hydrogens (tertiary/aromatic N) is 4. The first-order valence-corrected chi connectivity index (χ1v) is 13.7. The van der Waals surface area contributed by atoms with Crippen LogP contribution in [0.2, 0.25) is 0 Å². The van der Waals surface area contributed by atoms with Gasteiger partial charge in [0.15, 0.2) is 11.6 Å². The van der Waals surface area contributed by atoms with Crippen LogP contribution in [0.5, 0.6) is 0 Å². The standard InChI is InChI=1S/C30H36N6O3/c1-3-24(36-19-32-27-28(36)25-9-4-5-10-26(25)34-29(27)31)18-39-16-13-21-11-14-35(15-12-21)30(38)33-23-8-6-7-22(17-23)20(2)37/h4-10,17,19,21,24H,3,11-16,18H2,1-2H3,(H2,31,34)(H,33,38). The number of carbonyl (C=O) groups excluding carboxylic acids is 2. The van der Waals surface area contributed by atoms with Crippen molar-refractivity contribution >= 4 is 45.3 Å². The third-order valence-corrected chi connectivity index (χ3v) is 7.70. The smallest absolute Gasteiger partial charge is 0.321 e. The number of nitrogen functional groups attached to an aromatic ring is 1. The molecular weight excluding hydrogens is 492 g/mol. The van der Waals surface area contributed by atoms with E-state index < -0.39 is 0 Å². The van der Waals surface area contributed by atoms with Gasteiger partial charge < -0.3 is 25.3 Å². The molecule has 2 aromatic heterocycles. The van der Waals surface area contributed by atoms with Crippen LogP contribution >= 0.6 is 0 Å². The molecule has 2 aromatic carbocycles. The van der Waals surface area contributed by atoms with E-state index in [9.17, 15) is 9.59 Å². The molecular formula is C30H36N6O3. The molecule has 1 unspecified atom stereocenters. The van der Waals surface area contributed by atoms with Gasteiger partial charge in [0.05, 0.1) is 30.0 Å². The number of urea groups is 1. The molecule has 204 valence electrons. The highest BCUT2D eigenvalue weighted by Gasteiger charge is 2.23. The number of hydrogen-bond acceptors (Lipinski definition) is 6. The number of para-hydroxylation sites is 1. The van der Waals surface area contributed by atoms with E-state index in [2.05, 4.69) is 32.8 Å². The van der Waals surface area contributed by atoms with Crippen LogP contribution in [0.25, 0.3) is 21.9 Å². The van der Waals surface area contributed by atoms with Crippen molar-refractivity contribution in [1.82, 2.24) is 19.4 Å². The van der Waals surface area contributed by atoms with Gasteiger partial charge in [-0.05, 0) is 56.7 Å². The summed E-state index contributed by atoms with van der Waals surface area (Å²) in [4.78, 5) is 35.2. The third-order valence-electron chi connectivity index (χ3n) is 7.70. The lowest BCUT2D eigenvalue weighted by Gasteiger charge is -2.32. The minimum absolute atomic E-state index is 0.0201. The number of carbonyl (C=O) groups is 2. The zero-order chi connectivity index (χ0) is 27.4. The van der Waals surface area contributed by atoms with Crippen molar-refractivity contribution in [2.45, 2.75) is 45.6 Å². The van der Waals surface area contributed by atoms with E-state index in [-0.39, 0.29) is 17.9 Å². The number of hydrogen-bond donors (Lipinski definition) is 2. The average molecular weight is 529 g/mol. The van der Waals surface area contributed by atoms with E-state index in [1.165, 1.54) is 6.92 Å². The molecule has 1 saturated heterocycles. The van der Waals surface area contributed by atoms with Crippen LogP contribution in [0.1, 0.15) is 55.9 Å². The fraction of sp³-hybridized carbons (Fsp3) is 0.400. The number of anilines is 2. The van der Waals surface area contributed by atoms with E-state index >= 15 is 0 Å². The van der Waals surface area contributed by atoms with Crippen LogP contribution in [0.4, 0.5) is 16.3 Å². The van der Waals surface area contributed by atoms with Gasteiger partial charge in [0.2, 0.25) is 0 Å². The van der Waals surface area contributed by atoms with Gasteiger partial charge in [-0.3, -0.25) is 4.79 Å². The molecule has 1 fully saturated rings. The van der Waals surface area contributed by atoms with Gasteiger partial charge in [-0.1, -0.05) is 37.3 Å². The Balaban J connectivity index is 1.11. The minimum atomic E-state index is -0.118. The van der Waals surface area contributed by atoms with Gasteiger partial charge in [0.25, 0.3) is 0 Å². The highest BCUT2D eigenvalue weighted by Crippen LogP contribution is 2.30. The molecule has 1 aliphatic heterocycles. The van der Waals surface area contributed by atoms with E-state index in [1.807, 2.05) is 29.4 Å². The van der Waals surface area contributed by atoms with Gasteiger partial charge in [0.1, 0.15) is 5.52 Å². The lowest BCUT2D eigenvalue weighted by molar-refractivity contribution is 0.0825. The number of nitrogens with two attached hydrogens (primary N) is 1. The molecule has 4 aromatic rings. The molecule has 9 heteroatoms. The van der Waals surface area contributed by atoms with Crippen LogP contribution in [0.3, 0.4) is 0 Å². The third kappa shape index (κ3) is 5.88. The lowest BCUT2D eigenvalue weighted by atomic mass is 9.94. The van der Waals surface area contributed by atoms with Crippen molar-refractivity contribution in [2.24, 2.45) is 5.92 Å². The van der Waals surface area contributed by atoms with Crippen LogP contribution in [0.15, 0.2) is 54.9 Å². The number of Topliss-reactive ketones (excluding diaryl/α,β-unsaturated/α-hetero) is 1. The molecule has 0 radical (unpaired) electrons. The second-order valence-corrected chi connectivity index (χ2v) is 10.3. The number of aromatic nitrogens is 3. The average Bonchev–Trinajstić information content (AvgIpc) is 3.40. The van der Waals surface area contributed by atoms with E-state index in [1.54, 1.807) is 24.3 Å². The molecule has 9 nitrogen and oxygen atoms in total. The Kier molecular flexibility index (Phi) is 8.07. The predicted molar refractivity (Wildman–Crippen MR) is 154 cm³/mol. The highest BCUT2D eigenvalue weighted by atomic mass is 16.5. The SMILES string of the molecule is CCC(COCCC1CCN(C(=O)Nc2cccc(C(C)=O)c2)CC1)n1cnc2c(N)nc3ccccc3c21. The molecule has 3 heterocycles.